The van der Waals surface area contributed by atoms with Crippen molar-refractivity contribution in [2.24, 2.45) is 5.92 Å². The van der Waals surface area contributed by atoms with Crippen LogP contribution in [0, 0.1) is 5.92 Å². The van der Waals surface area contributed by atoms with E-state index in [0.717, 1.165) is 43.4 Å². The van der Waals surface area contributed by atoms with Crippen LogP contribution >= 0.6 is 0 Å². The van der Waals surface area contributed by atoms with Crippen LogP contribution in [-0.4, -0.2) is 17.5 Å². The summed E-state index contributed by atoms with van der Waals surface area (Å²) in [5.74, 6) is 1.64. The first-order chi connectivity index (χ1) is 9.29. The zero-order valence-corrected chi connectivity index (χ0v) is 11.3. The second-order valence-corrected chi connectivity index (χ2v) is 5.25. The molecule has 19 heavy (non-hydrogen) atoms. The Morgan fingerprint density at radius 1 is 1.37 bits per heavy atom. The number of fused-ring (bicyclic) bond motifs is 1. The van der Waals surface area contributed by atoms with E-state index in [1.807, 2.05) is 12.1 Å². The van der Waals surface area contributed by atoms with Crippen molar-refractivity contribution in [2.45, 2.75) is 32.2 Å². The number of rotatable bonds is 4. The Morgan fingerprint density at radius 2 is 2.26 bits per heavy atom. The van der Waals surface area contributed by atoms with E-state index in [1.165, 1.54) is 5.52 Å². The Balaban J connectivity index is 1.80. The van der Waals surface area contributed by atoms with E-state index in [4.69, 9.17) is 4.74 Å². The fourth-order valence-corrected chi connectivity index (χ4v) is 3.06. The summed E-state index contributed by atoms with van der Waals surface area (Å²) in [4.78, 5) is 11.7. The highest BCUT2D eigenvalue weighted by Crippen LogP contribution is 2.28. The molecule has 0 N–H and O–H groups in total. The average Bonchev–Trinajstić information content (AvgIpc) is 3.02. The first-order valence-corrected chi connectivity index (χ1v) is 6.94. The number of ketones is 1. The number of ether oxygens (including phenoxy) is 1. The third kappa shape index (κ3) is 2.25. The van der Waals surface area contributed by atoms with Crippen LogP contribution in [0.2, 0.25) is 0 Å². The van der Waals surface area contributed by atoms with Crippen molar-refractivity contribution in [1.82, 2.24) is 4.57 Å². The summed E-state index contributed by atoms with van der Waals surface area (Å²) in [5, 5.41) is 1.14. The zero-order chi connectivity index (χ0) is 13.2. The fourth-order valence-electron chi connectivity index (χ4n) is 3.06. The average molecular weight is 257 g/mol. The molecule has 0 radical (unpaired) electrons. The molecule has 1 aromatic heterocycles. The van der Waals surface area contributed by atoms with Crippen LogP contribution in [0.25, 0.3) is 10.9 Å². The minimum Gasteiger partial charge on any atom is -0.496 e. The van der Waals surface area contributed by atoms with Gasteiger partial charge in [-0.2, -0.15) is 0 Å². The van der Waals surface area contributed by atoms with E-state index in [0.29, 0.717) is 5.78 Å². The minimum atomic E-state index is 0.281. The Labute approximate surface area is 113 Å². The highest BCUT2D eigenvalue weighted by Gasteiger charge is 2.23. The molecule has 0 spiro atoms. The lowest BCUT2D eigenvalue weighted by molar-refractivity contribution is -0.120. The maximum absolute atomic E-state index is 11.7. The highest BCUT2D eigenvalue weighted by molar-refractivity contribution is 5.86. The molecule has 0 bridgehead atoms. The summed E-state index contributed by atoms with van der Waals surface area (Å²) in [7, 11) is 1.70. The number of carbonyl (C=O) groups excluding carboxylic acids is 1. The van der Waals surface area contributed by atoms with E-state index >= 15 is 0 Å². The molecule has 1 fully saturated rings. The number of hydrogen-bond acceptors (Lipinski definition) is 2. The largest absolute Gasteiger partial charge is 0.496 e. The third-order valence-electron chi connectivity index (χ3n) is 4.14. The van der Waals surface area contributed by atoms with Gasteiger partial charge in [0.25, 0.3) is 0 Å². The van der Waals surface area contributed by atoms with Gasteiger partial charge in [0, 0.05) is 30.5 Å². The number of aryl methyl sites for hydroxylation is 1. The van der Waals surface area contributed by atoms with E-state index < -0.39 is 0 Å². The number of Topliss-reactive ketones (excluding diaryl/α,β-unsaturated/α-hetero) is 1. The Morgan fingerprint density at radius 3 is 3.00 bits per heavy atom. The van der Waals surface area contributed by atoms with E-state index in [-0.39, 0.29) is 5.92 Å². The molecule has 1 aliphatic rings. The van der Waals surface area contributed by atoms with Crippen molar-refractivity contribution >= 4 is 16.7 Å². The van der Waals surface area contributed by atoms with Crippen molar-refractivity contribution in [3.8, 4) is 5.75 Å². The molecule has 0 aliphatic heterocycles. The summed E-state index contributed by atoms with van der Waals surface area (Å²) in [6, 6.07) is 8.19. The summed E-state index contributed by atoms with van der Waals surface area (Å²) in [6.45, 7) is 0.910. The van der Waals surface area contributed by atoms with Crippen LogP contribution in [0.4, 0.5) is 0 Å². The second-order valence-electron chi connectivity index (χ2n) is 5.25. The van der Waals surface area contributed by atoms with Crippen molar-refractivity contribution < 1.29 is 9.53 Å². The zero-order valence-electron chi connectivity index (χ0n) is 11.3. The van der Waals surface area contributed by atoms with E-state index in [2.05, 4.69) is 22.9 Å². The minimum absolute atomic E-state index is 0.281. The van der Waals surface area contributed by atoms with Crippen LogP contribution < -0.4 is 4.74 Å². The van der Waals surface area contributed by atoms with E-state index in [9.17, 15) is 4.79 Å². The van der Waals surface area contributed by atoms with Crippen LogP contribution in [0.5, 0.6) is 5.75 Å². The maximum atomic E-state index is 11.7. The Hall–Kier alpha value is -1.77. The molecule has 1 unspecified atom stereocenters. The lowest BCUT2D eigenvalue weighted by Gasteiger charge is -2.10. The molecule has 0 saturated heterocycles. The molecule has 1 aromatic carbocycles. The van der Waals surface area contributed by atoms with Gasteiger partial charge in [-0.1, -0.05) is 6.07 Å². The van der Waals surface area contributed by atoms with Gasteiger partial charge in [0.05, 0.1) is 12.6 Å². The van der Waals surface area contributed by atoms with Gasteiger partial charge in [-0.25, -0.2) is 0 Å². The first-order valence-electron chi connectivity index (χ1n) is 6.94. The van der Waals surface area contributed by atoms with Gasteiger partial charge >= 0.3 is 0 Å². The topological polar surface area (TPSA) is 31.2 Å². The van der Waals surface area contributed by atoms with Gasteiger partial charge in [-0.3, -0.25) is 4.79 Å². The summed E-state index contributed by atoms with van der Waals surface area (Å²) in [5.41, 5.74) is 1.18. The van der Waals surface area contributed by atoms with Crippen LogP contribution in [0.1, 0.15) is 25.7 Å². The number of aromatic nitrogens is 1. The maximum Gasteiger partial charge on any atom is 0.136 e. The first kappa shape index (κ1) is 12.3. The smallest absolute Gasteiger partial charge is 0.136 e. The molecular weight excluding hydrogens is 238 g/mol. The summed E-state index contributed by atoms with van der Waals surface area (Å²) < 4.78 is 7.59. The Kier molecular flexibility index (Phi) is 3.28. The lowest BCUT2D eigenvalue weighted by atomic mass is 10.0. The molecule has 100 valence electrons. The molecular formula is C16H19NO2. The normalized spacial score (nSPS) is 19.2. The lowest BCUT2D eigenvalue weighted by Crippen LogP contribution is -2.09. The van der Waals surface area contributed by atoms with Gasteiger partial charge in [-0.05, 0) is 37.5 Å². The number of carbonyl (C=O) groups is 1. The van der Waals surface area contributed by atoms with Gasteiger partial charge < -0.3 is 9.30 Å². The number of methoxy groups -OCH3 is 1. The third-order valence-corrected chi connectivity index (χ3v) is 4.14. The fraction of sp³-hybridized carbons (Fsp3) is 0.438. The highest BCUT2D eigenvalue weighted by atomic mass is 16.5. The summed E-state index contributed by atoms with van der Waals surface area (Å²) in [6.07, 6.45) is 5.97. The predicted octanol–water partition coefficient (Wildman–Crippen LogP) is 3.41. The standard InChI is InChI=1S/C16H19NO2/c1-19-16-7-3-5-14-13(16)9-11-17(14)10-8-12-4-2-6-15(12)18/h3,5,7,9,11-12H,2,4,6,8,10H2,1H3. The monoisotopic (exact) mass is 257 g/mol. The van der Waals surface area contributed by atoms with Crippen molar-refractivity contribution in [3.63, 3.8) is 0 Å². The molecule has 3 rings (SSSR count). The molecule has 3 heteroatoms. The molecule has 1 atom stereocenters. The van der Waals surface area contributed by atoms with Crippen LogP contribution in [-0.2, 0) is 11.3 Å². The van der Waals surface area contributed by atoms with Crippen molar-refractivity contribution in [2.75, 3.05) is 7.11 Å². The van der Waals surface area contributed by atoms with Crippen molar-refractivity contribution in [1.29, 1.82) is 0 Å². The van der Waals surface area contributed by atoms with Crippen molar-refractivity contribution in [3.05, 3.63) is 30.5 Å². The Bertz CT molecular complexity index is 600. The predicted molar refractivity (Wildman–Crippen MR) is 75.5 cm³/mol. The summed E-state index contributed by atoms with van der Waals surface area (Å²) >= 11 is 0. The van der Waals surface area contributed by atoms with Crippen LogP contribution in [0.3, 0.4) is 0 Å². The van der Waals surface area contributed by atoms with Gasteiger partial charge in [0.2, 0.25) is 0 Å². The molecule has 1 heterocycles. The number of hydrogen-bond donors (Lipinski definition) is 0. The SMILES string of the molecule is COc1cccc2c1ccn2CCC1CCCC1=O. The second kappa shape index (κ2) is 5.08. The molecule has 0 amide bonds. The van der Waals surface area contributed by atoms with Gasteiger partial charge in [-0.15, -0.1) is 0 Å². The molecule has 1 saturated carbocycles. The molecule has 2 aromatic rings. The molecule has 3 nitrogen and oxygen atoms in total. The quantitative estimate of drug-likeness (QED) is 0.840. The number of benzene rings is 1. The number of nitrogens with zero attached hydrogens (tertiary/aromatic N) is 1. The van der Waals surface area contributed by atoms with E-state index in [1.54, 1.807) is 7.11 Å². The van der Waals surface area contributed by atoms with Gasteiger partial charge in [0.1, 0.15) is 11.5 Å². The van der Waals surface area contributed by atoms with Crippen LogP contribution in [0.15, 0.2) is 30.5 Å². The van der Waals surface area contributed by atoms with Gasteiger partial charge in [0.15, 0.2) is 0 Å². The molecule has 1 aliphatic carbocycles.